The fourth-order valence-corrected chi connectivity index (χ4v) is 2.89. The molecule has 0 aromatic rings. The van der Waals surface area contributed by atoms with Crippen LogP contribution in [0.5, 0.6) is 0 Å². The lowest BCUT2D eigenvalue weighted by atomic mass is 10.0. The van der Waals surface area contributed by atoms with Gasteiger partial charge in [0.15, 0.2) is 0 Å². The molecule has 1 saturated carbocycles. The molecule has 0 radical (unpaired) electrons. The van der Waals surface area contributed by atoms with E-state index < -0.39 is 0 Å². The van der Waals surface area contributed by atoms with E-state index in [1.807, 2.05) is 7.05 Å². The van der Waals surface area contributed by atoms with E-state index in [4.69, 9.17) is 0 Å². The second-order valence-corrected chi connectivity index (χ2v) is 5.76. The highest BCUT2D eigenvalue weighted by Crippen LogP contribution is 2.55. The van der Waals surface area contributed by atoms with Crippen molar-refractivity contribution in [3.63, 3.8) is 0 Å². The Kier molecular flexibility index (Phi) is 4.85. The summed E-state index contributed by atoms with van der Waals surface area (Å²) >= 11 is 0. The normalized spacial score (nSPS) is 35.6. The second kappa shape index (κ2) is 5.57. The first-order valence-electron chi connectivity index (χ1n) is 6.54. The molecular formula is C13H25ClN2O. The molecule has 1 aliphatic heterocycles. The van der Waals surface area contributed by atoms with Crippen molar-refractivity contribution in [2.75, 3.05) is 26.7 Å². The smallest absolute Gasteiger partial charge is 0.226 e. The van der Waals surface area contributed by atoms with Crippen LogP contribution in [0, 0.1) is 17.3 Å². The van der Waals surface area contributed by atoms with Crippen LogP contribution in [-0.2, 0) is 4.79 Å². The SMILES string of the molecule is CCC1(C)CC1C(=O)N1CCC(CNC)C1.Cl. The summed E-state index contributed by atoms with van der Waals surface area (Å²) in [4.78, 5) is 14.3. The lowest BCUT2D eigenvalue weighted by Crippen LogP contribution is -2.32. The first-order valence-corrected chi connectivity index (χ1v) is 6.54. The van der Waals surface area contributed by atoms with Gasteiger partial charge in [-0.05, 0) is 44.2 Å². The molecule has 4 heteroatoms. The van der Waals surface area contributed by atoms with Crippen molar-refractivity contribution in [1.29, 1.82) is 0 Å². The third-order valence-corrected chi connectivity index (χ3v) is 4.55. The Morgan fingerprint density at radius 2 is 2.24 bits per heavy atom. The number of halogens is 1. The highest BCUT2D eigenvalue weighted by Gasteiger charge is 2.54. The van der Waals surface area contributed by atoms with Gasteiger partial charge in [-0.15, -0.1) is 12.4 Å². The summed E-state index contributed by atoms with van der Waals surface area (Å²) in [6.07, 6.45) is 3.41. The third-order valence-electron chi connectivity index (χ3n) is 4.55. The van der Waals surface area contributed by atoms with Gasteiger partial charge >= 0.3 is 0 Å². The summed E-state index contributed by atoms with van der Waals surface area (Å²) < 4.78 is 0. The molecule has 0 bridgehead atoms. The van der Waals surface area contributed by atoms with E-state index >= 15 is 0 Å². The Balaban J connectivity index is 0.00000144. The summed E-state index contributed by atoms with van der Waals surface area (Å²) in [7, 11) is 1.99. The van der Waals surface area contributed by atoms with Gasteiger partial charge in [-0.3, -0.25) is 4.79 Å². The second-order valence-electron chi connectivity index (χ2n) is 5.76. The summed E-state index contributed by atoms with van der Waals surface area (Å²) in [5.74, 6) is 1.41. The van der Waals surface area contributed by atoms with Crippen LogP contribution in [0.15, 0.2) is 0 Å². The van der Waals surface area contributed by atoms with E-state index in [0.717, 1.165) is 32.5 Å². The molecule has 3 unspecified atom stereocenters. The zero-order valence-electron chi connectivity index (χ0n) is 11.2. The zero-order chi connectivity index (χ0) is 11.8. The van der Waals surface area contributed by atoms with E-state index in [1.54, 1.807) is 0 Å². The molecule has 2 fully saturated rings. The number of nitrogens with zero attached hydrogens (tertiary/aromatic N) is 1. The molecule has 1 amide bonds. The van der Waals surface area contributed by atoms with Crippen molar-refractivity contribution < 1.29 is 4.79 Å². The monoisotopic (exact) mass is 260 g/mol. The first-order chi connectivity index (χ1) is 7.60. The maximum Gasteiger partial charge on any atom is 0.226 e. The fourth-order valence-electron chi connectivity index (χ4n) is 2.89. The van der Waals surface area contributed by atoms with Crippen LogP contribution in [0.2, 0.25) is 0 Å². The molecule has 2 aliphatic rings. The van der Waals surface area contributed by atoms with Gasteiger partial charge in [-0.25, -0.2) is 0 Å². The molecular weight excluding hydrogens is 236 g/mol. The summed E-state index contributed by atoms with van der Waals surface area (Å²) in [6.45, 7) is 7.43. The molecule has 0 aromatic carbocycles. The minimum Gasteiger partial charge on any atom is -0.342 e. The molecule has 1 saturated heterocycles. The van der Waals surface area contributed by atoms with Crippen molar-refractivity contribution in [3.05, 3.63) is 0 Å². The maximum atomic E-state index is 12.2. The number of likely N-dealkylation sites (tertiary alicyclic amines) is 1. The number of hydrogen-bond acceptors (Lipinski definition) is 2. The van der Waals surface area contributed by atoms with Crippen molar-refractivity contribution in [3.8, 4) is 0 Å². The van der Waals surface area contributed by atoms with Gasteiger partial charge in [0.05, 0.1) is 0 Å². The Hall–Kier alpha value is -0.280. The van der Waals surface area contributed by atoms with E-state index in [0.29, 0.717) is 23.2 Å². The Bertz CT molecular complexity index is 285. The summed E-state index contributed by atoms with van der Waals surface area (Å²) in [6, 6.07) is 0. The van der Waals surface area contributed by atoms with Crippen LogP contribution >= 0.6 is 12.4 Å². The lowest BCUT2D eigenvalue weighted by Gasteiger charge is -2.18. The Labute approximate surface area is 111 Å². The largest absolute Gasteiger partial charge is 0.342 e. The number of nitrogens with one attached hydrogen (secondary N) is 1. The molecule has 100 valence electrons. The van der Waals surface area contributed by atoms with Gasteiger partial charge in [0.25, 0.3) is 0 Å². The fraction of sp³-hybridized carbons (Fsp3) is 0.923. The van der Waals surface area contributed by atoms with Crippen molar-refractivity contribution in [2.24, 2.45) is 17.3 Å². The average molecular weight is 261 g/mol. The van der Waals surface area contributed by atoms with Gasteiger partial charge in [0.2, 0.25) is 5.91 Å². The Morgan fingerprint density at radius 3 is 2.76 bits per heavy atom. The quantitative estimate of drug-likeness (QED) is 0.838. The van der Waals surface area contributed by atoms with Gasteiger partial charge in [0.1, 0.15) is 0 Å². The number of carbonyl (C=O) groups excluding carboxylic acids is 1. The van der Waals surface area contributed by atoms with Gasteiger partial charge in [-0.2, -0.15) is 0 Å². The van der Waals surface area contributed by atoms with E-state index in [-0.39, 0.29) is 12.4 Å². The van der Waals surface area contributed by atoms with Crippen molar-refractivity contribution in [2.45, 2.75) is 33.1 Å². The average Bonchev–Trinajstić information content (AvgIpc) is 2.73. The third kappa shape index (κ3) is 2.94. The predicted octanol–water partition coefficient (Wildman–Crippen LogP) is 1.91. The van der Waals surface area contributed by atoms with Gasteiger partial charge < -0.3 is 10.2 Å². The lowest BCUT2D eigenvalue weighted by molar-refractivity contribution is -0.132. The zero-order valence-corrected chi connectivity index (χ0v) is 12.0. The molecule has 2 rings (SSSR count). The van der Waals surface area contributed by atoms with E-state index in [2.05, 4.69) is 24.1 Å². The first kappa shape index (κ1) is 14.8. The summed E-state index contributed by atoms with van der Waals surface area (Å²) in [5, 5.41) is 3.20. The number of carbonyl (C=O) groups is 1. The molecule has 3 nitrogen and oxygen atoms in total. The van der Waals surface area contributed by atoms with Gasteiger partial charge in [-0.1, -0.05) is 13.8 Å². The highest BCUT2D eigenvalue weighted by atomic mass is 35.5. The molecule has 1 heterocycles. The topological polar surface area (TPSA) is 32.3 Å². The number of rotatable bonds is 4. The van der Waals surface area contributed by atoms with Crippen molar-refractivity contribution in [1.82, 2.24) is 10.2 Å². The standard InChI is InChI=1S/C13H24N2O.ClH/c1-4-13(2)7-11(13)12(16)15-6-5-10(9-15)8-14-3;/h10-11,14H,4-9H2,1-3H3;1H. The molecule has 17 heavy (non-hydrogen) atoms. The van der Waals surface area contributed by atoms with Crippen LogP contribution < -0.4 is 5.32 Å². The minimum atomic E-state index is 0. The van der Waals surface area contributed by atoms with Gasteiger partial charge in [0, 0.05) is 19.0 Å². The van der Waals surface area contributed by atoms with Crippen molar-refractivity contribution >= 4 is 18.3 Å². The molecule has 0 aromatic heterocycles. The predicted molar refractivity (Wildman–Crippen MR) is 72.4 cm³/mol. The molecule has 1 aliphatic carbocycles. The van der Waals surface area contributed by atoms with Crippen LogP contribution in [0.3, 0.4) is 0 Å². The summed E-state index contributed by atoms with van der Waals surface area (Å²) in [5.41, 5.74) is 0.318. The highest BCUT2D eigenvalue weighted by molar-refractivity contribution is 5.85. The van der Waals surface area contributed by atoms with Crippen LogP contribution in [0.25, 0.3) is 0 Å². The minimum absolute atomic E-state index is 0. The number of amides is 1. The number of hydrogen-bond donors (Lipinski definition) is 1. The van der Waals surface area contributed by atoms with Crippen LogP contribution in [-0.4, -0.2) is 37.5 Å². The molecule has 0 spiro atoms. The Morgan fingerprint density at radius 1 is 1.53 bits per heavy atom. The molecule has 1 N–H and O–H groups in total. The van der Waals surface area contributed by atoms with E-state index in [9.17, 15) is 4.79 Å². The van der Waals surface area contributed by atoms with E-state index in [1.165, 1.54) is 6.42 Å². The van der Waals surface area contributed by atoms with Crippen LogP contribution in [0.1, 0.15) is 33.1 Å². The maximum absolute atomic E-state index is 12.2. The van der Waals surface area contributed by atoms with Crippen LogP contribution in [0.4, 0.5) is 0 Å². The molecule has 3 atom stereocenters.